The van der Waals surface area contributed by atoms with E-state index < -0.39 is 6.10 Å². The Morgan fingerprint density at radius 1 is 1.32 bits per heavy atom. The van der Waals surface area contributed by atoms with Gasteiger partial charge in [0.15, 0.2) is 11.2 Å². The molecule has 0 aliphatic heterocycles. The summed E-state index contributed by atoms with van der Waals surface area (Å²) < 4.78 is 5.61. The lowest BCUT2D eigenvalue weighted by molar-refractivity contribution is -0.127. The number of aryl methyl sites for hydroxylation is 2. The van der Waals surface area contributed by atoms with E-state index in [1.54, 1.807) is 14.0 Å². The fourth-order valence-electron chi connectivity index (χ4n) is 1.46. The van der Waals surface area contributed by atoms with Crippen molar-refractivity contribution >= 4 is 23.2 Å². The van der Waals surface area contributed by atoms with Gasteiger partial charge in [-0.25, -0.2) is 0 Å². The first-order valence-electron chi connectivity index (χ1n) is 5.95. The van der Waals surface area contributed by atoms with Gasteiger partial charge in [-0.1, -0.05) is 17.7 Å². The molecule has 0 saturated carbocycles. The molecule has 1 aromatic carbocycles. The average Bonchev–Trinajstić information content (AvgIpc) is 2.38. The molecule has 6 heteroatoms. The molecule has 104 valence electrons. The Kier molecular flexibility index (Phi) is 5.57. The normalized spacial score (nSPS) is 11.4. The predicted molar refractivity (Wildman–Crippen MR) is 78.9 cm³/mol. The molecule has 0 heterocycles. The van der Waals surface area contributed by atoms with Crippen molar-refractivity contribution < 1.29 is 9.53 Å². The number of carbonyl (C=O) groups excluding carboxylic acids is 1. The Bertz CT molecular complexity index is 477. The van der Waals surface area contributed by atoms with Gasteiger partial charge in [0.2, 0.25) is 0 Å². The minimum atomic E-state index is -0.617. The van der Waals surface area contributed by atoms with Crippen LogP contribution in [0.5, 0.6) is 5.75 Å². The van der Waals surface area contributed by atoms with Crippen molar-refractivity contribution in [3.63, 3.8) is 0 Å². The van der Waals surface area contributed by atoms with Gasteiger partial charge >= 0.3 is 0 Å². The number of rotatable bonds is 3. The molecule has 0 unspecified atom stereocenters. The fourth-order valence-corrected chi connectivity index (χ4v) is 1.51. The first-order valence-corrected chi connectivity index (χ1v) is 6.36. The lowest BCUT2D eigenvalue weighted by Crippen LogP contribution is -2.49. The molecule has 0 spiro atoms. The van der Waals surface area contributed by atoms with Gasteiger partial charge in [0, 0.05) is 7.05 Å². The summed E-state index contributed by atoms with van der Waals surface area (Å²) in [4.78, 5) is 11.8. The molecule has 1 rings (SSSR count). The number of ether oxygens (including phenoxy) is 1. The van der Waals surface area contributed by atoms with E-state index in [0.29, 0.717) is 10.9 Å². The number of carbonyl (C=O) groups is 1. The minimum absolute atomic E-state index is 0.294. The van der Waals surface area contributed by atoms with E-state index in [4.69, 9.17) is 17.0 Å². The van der Waals surface area contributed by atoms with Crippen LogP contribution in [0, 0.1) is 13.8 Å². The maximum atomic E-state index is 11.8. The average molecular weight is 281 g/mol. The van der Waals surface area contributed by atoms with Gasteiger partial charge in [-0.05, 0) is 44.6 Å². The fraction of sp³-hybridized carbons (Fsp3) is 0.385. The summed E-state index contributed by atoms with van der Waals surface area (Å²) in [7, 11) is 1.66. The maximum absolute atomic E-state index is 11.8. The van der Waals surface area contributed by atoms with Crippen LogP contribution in [-0.4, -0.2) is 24.2 Å². The summed E-state index contributed by atoms with van der Waals surface area (Å²) in [6.45, 7) is 5.63. The van der Waals surface area contributed by atoms with Crippen LogP contribution < -0.4 is 20.9 Å². The van der Waals surface area contributed by atoms with Crippen molar-refractivity contribution in [2.45, 2.75) is 26.9 Å². The molecule has 19 heavy (non-hydrogen) atoms. The molecule has 3 N–H and O–H groups in total. The van der Waals surface area contributed by atoms with Gasteiger partial charge in [0.1, 0.15) is 5.75 Å². The van der Waals surface area contributed by atoms with Crippen molar-refractivity contribution in [3.8, 4) is 5.75 Å². The summed E-state index contributed by atoms with van der Waals surface area (Å²) in [5.41, 5.74) is 7.18. The van der Waals surface area contributed by atoms with Crippen molar-refractivity contribution in [3.05, 3.63) is 29.3 Å². The second-order valence-electron chi connectivity index (χ2n) is 4.22. The number of hydrogen-bond donors (Lipinski definition) is 3. The lowest BCUT2D eigenvalue weighted by atomic mass is 10.1. The van der Waals surface area contributed by atoms with Crippen LogP contribution in [0.2, 0.25) is 0 Å². The van der Waals surface area contributed by atoms with Gasteiger partial charge in [0.05, 0.1) is 0 Å². The molecular weight excluding hydrogens is 262 g/mol. The number of hydrazine groups is 1. The van der Waals surface area contributed by atoms with Gasteiger partial charge < -0.3 is 10.1 Å². The molecule has 0 aliphatic rings. The van der Waals surface area contributed by atoms with Crippen LogP contribution in [-0.2, 0) is 4.79 Å². The molecule has 0 aliphatic carbocycles. The second-order valence-corrected chi connectivity index (χ2v) is 4.63. The molecule has 0 fully saturated rings. The molecule has 0 saturated heterocycles. The minimum Gasteiger partial charge on any atom is -0.481 e. The van der Waals surface area contributed by atoms with Crippen LogP contribution in [0.25, 0.3) is 0 Å². The van der Waals surface area contributed by atoms with E-state index in [-0.39, 0.29) is 5.91 Å². The van der Waals surface area contributed by atoms with Gasteiger partial charge in [0.25, 0.3) is 5.91 Å². The lowest BCUT2D eigenvalue weighted by Gasteiger charge is -2.17. The van der Waals surface area contributed by atoms with Gasteiger partial charge in [-0.3, -0.25) is 15.6 Å². The topological polar surface area (TPSA) is 62.4 Å². The highest BCUT2D eigenvalue weighted by molar-refractivity contribution is 7.80. The Labute approximate surface area is 118 Å². The Morgan fingerprint density at radius 2 is 2.00 bits per heavy atom. The first kappa shape index (κ1) is 15.2. The molecule has 0 aromatic heterocycles. The molecule has 0 radical (unpaired) electrons. The Morgan fingerprint density at radius 3 is 2.58 bits per heavy atom. The van der Waals surface area contributed by atoms with E-state index in [1.165, 1.54) is 0 Å². The van der Waals surface area contributed by atoms with Crippen molar-refractivity contribution in [1.82, 2.24) is 16.2 Å². The molecule has 1 aromatic rings. The quantitative estimate of drug-likeness (QED) is 0.574. The smallest absolute Gasteiger partial charge is 0.279 e. The van der Waals surface area contributed by atoms with Crippen molar-refractivity contribution in [2.24, 2.45) is 0 Å². The summed E-state index contributed by atoms with van der Waals surface area (Å²) in [5.74, 6) is 0.405. The number of amides is 1. The van der Waals surface area contributed by atoms with Crippen LogP contribution in [0.4, 0.5) is 0 Å². The summed E-state index contributed by atoms with van der Waals surface area (Å²) in [6.07, 6.45) is -0.617. The van der Waals surface area contributed by atoms with Crippen molar-refractivity contribution in [1.29, 1.82) is 0 Å². The monoisotopic (exact) mass is 281 g/mol. The Hall–Kier alpha value is -1.82. The molecular formula is C13H19N3O2S. The van der Waals surface area contributed by atoms with Crippen LogP contribution in [0.15, 0.2) is 18.2 Å². The number of nitrogens with one attached hydrogen (secondary N) is 3. The van der Waals surface area contributed by atoms with E-state index in [1.807, 2.05) is 32.0 Å². The predicted octanol–water partition coefficient (Wildman–Crippen LogP) is 1.20. The van der Waals surface area contributed by atoms with E-state index in [9.17, 15) is 4.79 Å². The zero-order chi connectivity index (χ0) is 14.4. The van der Waals surface area contributed by atoms with Crippen LogP contribution in [0.1, 0.15) is 18.1 Å². The zero-order valence-electron chi connectivity index (χ0n) is 11.5. The van der Waals surface area contributed by atoms with Gasteiger partial charge in [-0.15, -0.1) is 0 Å². The maximum Gasteiger partial charge on any atom is 0.279 e. The largest absolute Gasteiger partial charge is 0.481 e. The van der Waals surface area contributed by atoms with E-state index in [0.717, 1.165) is 11.1 Å². The zero-order valence-corrected chi connectivity index (χ0v) is 12.4. The number of thiocarbonyl (C=S) groups is 1. The third kappa shape index (κ3) is 4.75. The third-order valence-corrected chi connectivity index (χ3v) is 2.84. The van der Waals surface area contributed by atoms with Gasteiger partial charge in [-0.2, -0.15) is 0 Å². The summed E-state index contributed by atoms with van der Waals surface area (Å²) >= 11 is 4.85. The van der Waals surface area contributed by atoms with Crippen LogP contribution in [0.3, 0.4) is 0 Å². The highest BCUT2D eigenvalue weighted by Gasteiger charge is 2.15. The first-order chi connectivity index (χ1) is 8.93. The van der Waals surface area contributed by atoms with Crippen molar-refractivity contribution in [2.75, 3.05) is 7.05 Å². The van der Waals surface area contributed by atoms with E-state index in [2.05, 4.69) is 16.2 Å². The molecule has 1 atom stereocenters. The third-order valence-electron chi connectivity index (χ3n) is 2.53. The number of hydrogen-bond acceptors (Lipinski definition) is 3. The SMILES string of the molecule is CNC(=S)NNC(=O)[C@@H](C)Oc1ccc(C)cc1C. The standard InChI is InChI=1S/C13H19N3O2S/c1-8-5-6-11(9(2)7-8)18-10(3)12(17)15-16-13(19)14-4/h5-7,10H,1-4H3,(H,15,17)(H2,14,16,19)/t10-/m1/s1. The number of benzene rings is 1. The molecule has 1 amide bonds. The molecule has 5 nitrogen and oxygen atoms in total. The highest BCUT2D eigenvalue weighted by Crippen LogP contribution is 2.19. The summed E-state index contributed by atoms with van der Waals surface area (Å²) in [6, 6.07) is 5.82. The Balaban J connectivity index is 2.56. The second kappa shape index (κ2) is 6.94. The summed E-state index contributed by atoms with van der Waals surface area (Å²) in [5, 5.41) is 3.03. The van der Waals surface area contributed by atoms with Crippen LogP contribution >= 0.6 is 12.2 Å². The molecule has 0 bridgehead atoms. The van der Waals surface area contributed by atoms with E-state index >= 15 is 0 Å². The highest BCUT2D eigenvalue weighted by atomic mass is 32.1.